The van der Waals surface area contributed by atoms with E-state index in [2.05, 4.69) is 22.3 Å². The molecule has 0 aliphatic rings. The van der Waals surface area contributed by atoms with Crippen molar-refractivity contribution in [2.75, 3.05) is 6.61 Å². The summed E-state index contributed by atoms with van der Waals surface area (Å²) in [6.45, 7) is 0.305. The van der Waals surface area contributed by atoms with Crippen LogP contribution >= 0.6 is 11.3 Å². The van der Waals surface area contributed by atoms with Gasteiger partial charge >= 0.3 is 0 Å². The molecule has 0 saturated carbocycles. The van der Waals surface area contributed by atoms with Crippen molar-refractivity contribution in [1.82, 2.24) is 15.1 Å². The summed E-state index contributed by atoms with van der Waals surface area (Å²) < 4.78 is 1.53. The maximum Gasteiger partial charge on any atom is 0.269 e. The number of hydrogen-bond donors (Lipinski definition) is 2. The van der Waals surface area contributed by atoms with Crippen LogP contribution in [0.4, 0.5) is 0 Å². The van der Waals surface area contributed by atoms with E-state index < -0.39 is 0 Å². The lowest BCUT2D eigenvalue weighted by Gasteiger charge is -2.03. The van der Waals surface area contributed by atoms with Crippen LogP contribution < -0.4 is 5.32 Å². The van der Waals surface area contributed by atoms with Crippen LogP contribution in [0.1, 0.15) is 20.2 Å². The highest BCUT2D eigenvalue weighted by Crippen LogP contribution is 2.15. The topological polar surface area (TPSA) is 67.2 Å². The Morgan fingerprint density at radius 3 is 3.05 bits per heavy atom. The smallest absolute Gasteiger partial charge is 0.269 e. The van der Waals surface area contributed by atoms with E-state index in [9.17, 15) is 4.79 Å². The average molecular weight is 275 g/mol. The van der Waals surface area contributed by atoms with Gasteiger partial charge < -0.3 is 10.4 Å². The number of aromatic nitrogens is 2. The summed E-state index contributed by atoms with van der Waals surface area (Å²) in [7, 11) is 1.72. The zero-order valence-electron chi connectivity index (χ0n) is 10.4. The van der Waals surface area contributed by atoms with Crippen LogP contribution in [0, 0.1) is 11.8 Å². The monoisotopic (exact) mass is 275 g/mol. The third-order valence-electron chi connectivity index (χ3n) is 2.43. The molecule has 0 spiro atoms. The highest BCUT2D eigenvalue weighted by Gasteiger charge is 2.09. The molecule has 0 aromatic carbocycles. The van der Waals surface area contributed by atoms with Gasteiger partial charge in [0, 0.05) is 18.1 Å². The van der Waals surface area contributed by atoms with Gasteiger partial charge in [-0.3, -0.25) is 9.48 Å². The Balaban J connectivity index is 1.94. The lowest BCUT2D eigenvalue weighted by Crippen LogP contribution is -2.24. The summed E-state index contributed by atoms with van der Waals surface area (Å²) in [4.78, 5) is 13.7. The zero-order chi connectivity index (χ0) is 13.7. The summed E-state index contributed by atoms with van der Waals surface area (Å²) in [5.74, 6) is 5.26. The Labute approximate surface area is 114 Å². The standard InChI is InChI=1S/C13H13N3O2S/c1-16-12(6-7-15-16)13(18)14-9-11-5-4-10(19-11)3-2-8-17/h4-7,17H,8-9H2,1H3,(H,14,18). The van der Waals surface area contributed by atoms with Crippen molar-refractivity contribution in [3.63, 3.8) is 0 Å². The van der Waals surface area contributed by atoms with Crippen LogP contribution in [0.5, 0.6) is 0 Å². The highest BCUT2D eigenvalue weighted by molar-refractivity contribution is 7.12. The molecule has 0 fully saturated rings. The van der Waals surface area contributed by atoms with E-state index in [4.69, 9.17) is 5.11 Å². The number of carbonyl (C=O) groups excluding carboxylic acids is 1. The first-order valence-electron chi connectivity index (χ1n) is 5.65. The lowest BCUT2D eigenvalue weighted by atomic mass is 10.3. The molecule has 2 rings (SSSR count). The Bertz CT molecular complexity index is 634. The molecule has 0 radical (unpaired) electrons. The molecule has 0 aliphatic carbocycles. The van der Waals surface area contributed by atoms with Gasteiger partial charge in [-0.15, -0.1) is 11.3 Å². The summed E-state index contributed by atoms with van der Waals surface area (Å²) in [6.07, 6.45) is 1.59. The Hall–Kier alpha value is -2.10. The van der Waals surface area contributed by atoms with Gasteiger partial charge in [0.15, 0.2) is 0 Å². The molecule has 19 heavy (non-hydrogen) atoms. The molecule has 98 valence electrons. The van der Waals surface area contributed by atoms with Crippen molar-refractivity contribution < 1.29 is 9.90 Å². The van der Waals surface area contributed by atoms with Crippen molar-refractivity contribution >= 4 is 17.2 Å². The van der Waals surface area contributed by atoms with Crippen LogP contribution in [-0.2, 0) is 13.6 Å². The normalized spacial score (nSPS) is 9.79. The van der Waals surface area contributed by atoms with Gasteiger partial charge in [-0.2, -0.15) is 5.10 Å². The maximum absolute atomic E-state index is 11.9. The second kappa shape index (κ2) is 6.18. The Morgan fingerprint density at radius 2 is 2.37 bits per heavy atom. The molecule has 0 saturated heterocycles. The van der Waals surface area contributed by atoms with Gasteiger partial charge in [0.05, 0.1) is 11.4 Å². The van der Waals surface area contributed by atoms with Gasteiger partial charge in [0.1, 0.15) is 12.3 Å². The minimum atomic E-state index is -0.156. The molecule has 0 aliphatic heterocycles. The minimum Gasteiger partial charge on any atom is -0.384 e. The summed E-state index contributed by atoms with van der Waals surface area (Å²) in [5, 5.41) is 15.4. The number of thiophene rings is 1. The fourth-order valence-corrected chi connectivity index (χ4v) is 2.34. The fraction of sp³-hybridized carbons (Fsp3) is 0.231. The molecular weight excluding hydrogens is 262 g/mol. The van der Waals surface area contributed by atoms with Gasteiger partial charge in [0.2, 0.25) is 0 Å². The number of carbonyl (C=O) groups is 1. The predicted octanol–water partition coefficient (Wildman–Crippen LogP) is 0.755. The largest absolute Gasteiger partial charge is 0.384 e. The maximum atomic E-state index is 11.9. The number of aliphatic hydroxyl groups excluding tert-OH is 1. The summed E-state index contributed by atoms with van der Waals surface area (Å²) >= 11 is 1.49. The predicted molar refractivity (Wildman–Crippen MR) is 72.7 cm³/mol. The third-order valence-corrected chi connectivity index (χ3v) is 3.43. The number of amides is 1. The summed E-state index contributed by atoms with van der Waals surface area (Å²) in [6, 6.07) is 5.45. The number of rotatable bonds is 3. The molecule has 0 atom stereocenters. The van der Waals surface area contributed by atoms with Crippen LogP contribution in [0.15, 0.2) is 24.4 Å². The van der Waals surface area contributed by atoms with Gasteiger partial charge in [-0.1, -0.05) is 11.8 Å². The van der Waals surface area contributed by atoms with Crippen molar-refractivity contribution in [3.05, 3.63) is 39.8 Å². The lowest BCUT2D eigenvalue weighted by molar-refractivity contribution is 0.0942. The Morgan fingerprint density at radius 1 is 1.53 bits per heavy atom. The van der Waals surface area contributed by atoms with E-state index in [-0.39, 0.29) is 12.5 Å². The van der Waals surface area contributed by atoms with E-state index in [0.717, 1.165) is 9.75 Å². The van der Waals surface area contributed by atoms with E-state index >= 15 is 0 Å². The molecule has 0 bridgehead atoms. The summed E-state index contributed by atoms with van der Waals surface area (Å²) in [5.41, 5.74) is 0.525. The number of hydrogen-bond acceptors (Lipinski definition) is 4. The SMILES string of the molecule is Cn1nccc1C(=O)NCc1ccc(C#CCO)s1. The van der Waals surface area contributed by atoms with Crippen LogP contribution in [0.3, 0.4) is 0 Å². The van der Waals surface area contributed by atoms with E-state index in [0.29, 0.717) is 12.2 Å². The molecule has 6 heteroatoms. The number of nitrogens with one attached hydrogen (secondary N) is 1. The van der Waals surface area contributed by atoms with Gasteiger partial charge in [0.25, 0.3) is 5.91 Å². The van der Waals surface area contributed by atoms with Gasteiger partial charge in [-0.05, 0) is 18.2 Å². The van der Waals surface area contributed by atoms with Crippen molar-refractivity contribution in [3.8, 4) is 11.8 Å². The number of aliphatic hydroxyl groups is 1. The molecule has 2 heterocycles. The molecule has 2 aromatic heterocycles. The second-order valence-electron chi connectivity index (χ2n) is 3.75. The average Bonchev–Trinajstić information content (AvgIpc) is 3.02. The van der Waals surface area contributed by atoms with Crippen molar-refractivity contribution in [2.45, 2.75) is 6.54 Å². The zero-order valence-corrected chi connectivity index (χ0v) is 11.2. The Kier molecular flexibility index (Phi) is 4.34. The van der Waals surface area contributed by atoms with Crippen LogP contribution in [0.25, 0.3) is 0 Å². The molecule has 0 unspecified atom stereocenters. The fourth-order valence-electron chi connectivity index (χ4n) is 1.52. The number of aryl methyl sites for hydroxylation is 1. The van der Waals surface area contributed by atoms with Crippen LogP contribution in [0.2, 0.25) is 0 Å². The first-order valence-corrected chi connectivity index (χ1v) is 6.47. The van der Waals surface area contributed by atoms with E-state index in [1.54, 1.807) is 19.3 Å². The first-order chi connectivity index (χ1) is 9.20. The van der Waals surface area contributed by atoms with E-state index in [1.165, 1.54) is 16.0 Å². The molecule has 1 amide bonds. The molecular formula is C13H13N3O2S. The van der Waals surface area contributed by atoms with Crippen LogP contribution in [-0.4, -0.2) is 27.4 Å². The first kappa shape index (κ1) is 13.3. The molecule has 2 N–H and O–H groups in total. The second-order valence-corrected chi connectivity index (χ2v) is 4.92. The number of nitrogens with zero attached hydrogens (tertiary/aromatic N) is 2. The quantitative estimate of drug-likeness (QED) is 0.813. The minimum absolute atomic E-state index is 0.148. The third kappa shape index (κ3) is 3.44. The molecule has 2 aromatic rings. The van der Waals surface area contributed by atoms with Gasteiger partial charge in [-0.25, -0.2) is 0 Å². The van der Waals surface area contributed by atoms with Crippen molar-refractivity contribution in [2.24, 2.45) is 7.05 Å². The van der Waals surface area contributed by atoms with Crippen molar-refractivity contribution in [1.29, 1.82) is 0 Å². The van der Waals surface area contributed by atoms with E-state index in [1.807, 2.05) is 12.1 Å². The highest BCUT2D eigenvalue weighted by atomic mass is 32.1. The molecule has 5 nitrogen and oxygen atoms in total.